The van der Waals surface area contributed by atoms with Crippen LogP contribution in [0.1, 0.15) is 15.2 Å². The van der Waals surface area contributed by atoms with Crippen LogP contribution in [0.3, 0.4) is 0 Å². The fraction of sp³-hybridized carbons (Fsp3) is 0.100. The SMILES string of the molecule is Nc1ccncc1CC(=O)c1cncs1. The van der Waals surface area contributed by atoms with E-state index >= 15 is 0 Å². The van der Waals surface area contributed by atoms with Crippen LogP contribution in [-0.2, 0) is 6.42 Å². The van der Waals surface area contributed by atoms with E-state index in [0.29, 0.717) is 10.6 Å². The van der Waals surface area contributed by atoms with Gasteiger partial charge in [0.05, 0.1) is 10.4 Å². The van der Waals surface area contributed by atoms with E-state index in [1.807, 2.05) is 0 Å². The summed E-state index contributed by atoms with van der Waals surface area (Å²) >= 11 is 1.33. The van der Waals surface area contributed by atoms with Crippen LogP contribution in [0.5, 0.6) is 0 Å². The molecule has 0 unspecified atom stereocenters. The van der Waals surface area contributed by atoms with Crippen molar-refractivity contribution in [3.8, 4) is 0 Å². The quantitative estimate of drug-likeness (QED) is 0.795. The summed E-state index contributed by atoms with van der Waals surface area (Å²) in [5.41, 5.74) is 8.72. The molecule has 4 nitrogen and oxygen atoms in total. The third kappa shape index (κ3) is 2.19. The van der Waals surface area contributed by atoms with Gasteiger partial charge in [-0.1, -0.05) is 0 Å². The van der Waals surface area contributed by atoms with E-state index in [9.17, 15) is 4.79 Å². The van der Waals surface area contributed by atoms with E-state index < -0.39 is 0 Å². The number of hydrogen-bond donors (Lipinski definition) is 1. The Kier molecular flexibility index (Phi) is 2.73. The Bertz CT molecular complexity index is 467. The molecule has 2 aromatic rings. The van der Waals surface area contributed by atoms with E-state index in [0.717, 1.165) is 5.56 Å². The van der Waals surface area contributed by atoms with Gasteiger partial charge in [0.15, 0.2) is 5.78 Å². The molecule has 0 amide bonds. The molecule has 0 atom stereocenters. The predicted molar refractivity (Wildman–Crippen MR) is 58.8 cm³/mol. The maximum absolute atomic E-state index is 11.7. The predicted octanol–water partition coefficient (Wildman–Crippen LogP) is 1.55. The Balaban J connectivity index is 2.17. The Labute approximate surface area is 90.8 Å². The van der Waals surface area contributed by atoms with Crippen LogP contribution in [0.2, 0.25) is 0 Å². The summed E-state index contributed by atoms with van der Waals surface area (Å²) in [7, 11) is 0. The molecule has 0 radical (unpaired) electrons. The minimum absolute atomic E-state index is 0.0252. The largest absolute Gasteiger partial charge is 0.398 e. The Morgan fingerprint density at radius 2 is 2.27 bits per heavy atom. The number of rotatable bonds is 3. The summed E-state index contributed by atoms with van der Waals surface area (Å²) in [5, 5.41) is 0. The van der Waals surface area contributed by atoms with Crippen LogP contribution in [0.25, 0.3) is 0 Å². The monoisotopic (exact) mass is 219 g/mol. The first-order chi connectivity index (χ1) is 7.27. The molecule has 0 fully saturated rings. The minimum Gasteiger partial charge on any atom is -0.398 e. The van der Waals surface area contributed by atoms with Crippen molar-refractivity contribution < 1.29 is 4.79 Å². The third-order valence-corrected chi connectivity index (χ3v) is 2.81. The Morgan fingerprint density at radius 1 is 1.40 bits per heavy atom. The lowest BCUT2D eigenvalue weighted by Crippen LogP contribution is -2.04. The second kappa shape index (κ2) is 4.18. The van der Waals surface area contributed by atoms with Gasteiger partial charge >= 0.3 is 0 Å². The standard InChI is InChI=1S/C10H9N3OS/c11-8-1-2-12-4-7(8)3-9(14)10-5-13-6-15-10/h1-2,4-6H,3H2,(H2,11,12). The van der Waals surface area contributed by atoms with E-state index in [-0.39, 0.29) is 12.2 Å². The fourth-order valence-electron chi connectivity index (χ4n) is 1.20. The number of aromatic nitrogens is 2. The van der Waals surface area contributed by atoms with Crippen LogP contribution in [0.15, 0.2) is 30.2 Å². The molecule has 0 saturated carbocycles. The smallest absolute Gasteiger partial charge is 0.178 e. The second-order valence-electron chi connectivity index (χ2n) is 3.04. The summed E-state index contributed by atoms with van der Waals surface area (Å²) in [6, 6.07) is 1.69. The maximum Gasteiger partial charge on any atom is 0.178 e. The van der Waals surface area contributed by atoms with Crippen LogP contribution >= 0.6 is 11.3 Å². The molecule has 2 rings (SSSR count). The van der Waals surface area contributed by atoms with Gasteiger partial charge in [0.25, 0.3) is 0 Å². The third-order valence-electron chi connectivity index (χ3n) is 2.00. The average Bonchev–Trinajstić information content (AvgIpc) is 2.74. The van der Waals surface area contributed by atoms with Gasteiger partial charge in [-0.3, -0.25) is 14.8 Å². The zero-order valence-corrected chi connectivity index (χ0v) is 8.70. The highest BCUT2D eigenvalue weighted by atomic mass is 32.1. The number of carbonyl (C=O) groups is 1. The summed E-state index contributed by atoms with van der Waals surface area (Å²) in [4.78, 5) is 20.2. The maximum atomic E-state index is 11.7. The lowest BCUT2D eigenvalue weighted by molar-refractivity contribution is 0.0996. The molecule has 0 bridgehead atoms. The molecule has 0 aliphatic rings. The molecule has 0 aliphatic carbocycles. The van der Waals surface area contributed by atoms with Crippen molar-refractivity contribution >= 4 is 22.8 Å². The number of nitrogen functional groups attached to an aromatic ring is 1. The number of Topliss-reactive ketones (excluding diaryl/α,β-unsaturated/α-hetero) is 1. The van der Waals surface area contributed by atoms with Crippen molar-refractivity contribution in [2.75, 3.05) is 5.73 Å². The zero-order chi connectivity index (χ0) is 10.7. The number of anilines is 1. The number of thiazole rings is 1. The van der Waals surface area contributed by atoms with Crippen LogP contribution in [0, 0.1) is 0 Å². The van der Waals surface area contributed by atoms with E-state index in [1.165, 1.54) is 11.3 Å². The molecule has 15 heavy (non-hydrogen) atoms. The van der Waals surface area contributed by atoms with Crippen molar-refractivity contribution in [3.63, 3.8) is 0 Å². The number of pyridine rings is 1. The molecule has 0 aromatic carbocycles. The van der Waals surface area contributed by atoms with Crippen molar-refractivity contribution in [1.82, 2.24) is 9.97 Å². The van der Waals surface area contributed by atoms with Crippen LogP contribution < -0.4 is 5.73 Å². The van der Waals surface area contributed by atoms with Gasteiger partial charge in [0.1, 0.15) is 0 Å². The number of nitrogens with zero attached hydrogens (tertiary/aromatic N) is 2. The Morgan fingerprint density at radius 3 is 2.93 bits per heavy atom. The topological polar surface area (TPSA) is 68.9 Å². The number of nitrogens with two attached hydrogens (primary N) is 1. The fourth-order valence-corrected chi connectivity index (χ4v) is 1.76. The van der Waals surface area contributed by atoms with E-state index in [1.54, 1.807) is 30.2 Å². The zero-order valence-electron chi connectivity index (χ0n) is 7.88. The molecule has 2 heterocycles. The highest BCUT2D eigenvalue weighted by molar-refractivity contribution is 7.11. The van der Waals surface area contributed by atoms with Crippen LogP contribution in [-0.4, -0.2) is 15.8 Å². The van der Waals surface area contributed by atoms with Gasteiger partial charge in [0.2, 0.25) is 0 Å². The lowest BCUT2D eigenvalue weighted by atomic mass is 10.1. The molecule has 2 N–H and O–H groups in total. The van der Waals surface area contributed by atoms with Gasteiger partial charge in [-0.2, -0.15) is 0 Å². The van der Waals surface area contributed by atoms with Gasteiger partial charge in [-0.15, -0.1) is 11.3 Å². The molecular formula is C10H9N3OS. The molecule has 0 spiro atoms. The van der Waals surface area contributed by atoms with E-state index in [4.69, 9.17) is 5.73 Å². The lowest BCUT2D eigenvalue weighted by Gasteiger charge is -2.01. The molecule has 76 valence electrons. The Hall–Kier alpha value is -1.75. The van der Waals surface area contributed by atoms with Gasteiger partial charge in [-0.05, 0) is 6.07 Å². The minimum atomic E-state index is 0.0252. The van der Waals surface area contributed by atoms with E-state index in [2.05, 4.69) is 9.97 Å². The normalized spacial score (nSPS) is 10.1. The highest BCUT2D eigenvalue weighted by Crippen LogP contribution is 2.14. The van der Waals surface area contributed by atoms with Crippen molar-refractivity contribution in [3.05, 3.63) is 40.6 Å². The average molecular weight is 219 g/mol. The summed E-state index contributed by atoms with van der Waals surface area (Å²) in [6.45, 7) is 0. The van der Waals surface area contributed by atoms with Crippen molar-refractivity contribution in [2.24, 2.45) is 0 Å². The second-order valence-corrected chi connectivity index (χ2v) is 3.93. The van der Waals surface area contributed by atoms with Crippen molar-refractivity contribution in [1.29, 1.82) is 0 Å². The molecular weight excluding hydrogens is 210 g/mol. The number of carbonyl (C=O) groups excluding carboxylic acids is 1. The summed E-state index contributed by atoms with van der Waals surface area (Å²) < 4.78 is 0. The summed E-state index contributed by atoms with van der Waals surface area (Å²) in [6.07, 6.45) is 5.08. The van der Waals surface area contributed by atoms with Crippen molar-refractivity contribution in [2.45, 2.75) is 6.42 Å². The first-order valence-electron chi connectivity index (χ1n) is 4.37. The van der Waals surface area contributed by atoms with Gasteiger partial charge < -0.3 is 5.73 Å². The van der Waals surface area contributed by atoms with Gasteiger partial charge in [0, 0.05) is 36.3 Å². The first kappa shape index (κ1) is 9.79. The molecule has 5 heteroatoms. The molecule has 0 aliphatic heterocycles. The highest BCUT2D eigenvalue weighted by Gasteiger charge is 2.10. The van der Waals surface area contributed by atoms with Gasteiger partial charge in [-0.25, -0.2) is 0 Å². The number of ketones is 1. The van der Waals surface area contributed by atoms with Crippen LogP contribution in [0.4, 0.5) is 5.69 Å². The molecule has 0 saturated heterocycles. The molecule has 2 aromatic heterocycles. The summed E-state index contributed by atoms with van der Waals surface area (Å²) in [5.74, 6) is 0.0252. The number of hydrogen-bond acceptors (Lipinski definition) is 5. The first-order valence-corrected chi connectivity index (χ1v) is 5.25.